The highest BCUT2D eigenvalue weighted by Crippen LogP contribution is 2.38. The second-order valence-corrected chi connectivity index (χ2v) is 5.32. The number of anilines is 1. The van der Waals surface area contributed by atoms with Crippen molar-refractivity contribution in [1.82, 2.24) is 14.5 Å². The molecule has 1 aliphatic rings. The van der Waals surface area contributed by atoms with Gasteiger partial charge in [0.25, 0.3) is 0 Å². The summed E-state index contributed by atoms with van der Waals surface area (Å²) in [5.41, 5.74) is 8.61. The number of hydrogen-bond acceptors (Lipinski definition) is 4. The number of pyridine rings is 1. The molecule has 21 heavy (non-hydrogen) atoms. The third-order valence-corrected chi connectivity index (χ3v) is 3.75. The number of rotatable bonds is 4. The predicted octanol–water partition coefficient (Wildman–Crippen LogP) is 2.93. The van der Waals surface area contributed by atoms with Crippen LogP contribution in [-0.2, 0) is 6.61 Å². The van der Waals surface area contributed by atoms with Crippen LogP contribution in [0.4, 0.5) is 5.69 Å². The third-order valence-electron chi connectivity index (χ3n) is 3.75. The van der Waals surface area contributed by atoms with Crippen LogP contribution >= 0.6 is 0 Å². The van der Waals surface area contributed by atoms with E-state index in [1.54, 1.807) is 6.20 Å². The van der Waals surface area contributed by atoms with Gasteiger partial charge in [-0.3, -0.25) is 4.98 Å². The normalized spacial score (nSPS) is 14.5. The van der Waals surface area contributed by atoms with E-state index < -0.39 is 0 Å². The smallest absolute Gasteiger partial charge is 0.148 e. The van der Waals surface area contributed by atoms with Gasteiger partial charge >= 0.3 is 0 Å². The Morgan fingerprint density at radius 1 is 1.24 bits per heavy atom. The van der Waals surface area contributed by atoms with Gasteiger partial charge in [-0.25, -0.2) is 4.98 Å². The van der Waals surface area contributed by atoms with Crippen molar-refractivity contribution in [3.8, 4) is 5.75 Å². The van der Waals surface area contributed by atoms with E-state index in [1.165, 1.54) is 12.8 Å². The highest BCUT2D eigenvalue weighted by Gasteiger charge is 2.28. The molecule has 0 saturated heterocycles. The lowest BCUT2D eigenvalue weighted by Gasteiger charge is -2.10. The lowest BCUT2D eigenvalue weighted by molar-refractivity contribution is 0.292. The first kappa shape index (κ1) is 12.2. The molecule has 4 rings (SSSR count). The highest BCUT2D eigenvalue weighted by molar-refractivity contribution is 5.75. The number of imidazole rings is 1. The number of ether oxygens (including phenoxy) is 1. The summed E-state index contributed by atoms with van der Waals surface area (Å²) >= 11 is 0. The van der Waals surface area contributed by atoms with Gasteiger partial charge in [-0.2, -0.15) is 0 Å². The molecule has 0 radical (unpaired) electrons. The van der Waals surface area contributed by atoms with Gasteiger partial charge in [0, 0.05) is 12.2 Å². The highest BCUT2D eigenvalue weighted by atomic mass is 16.5. The molecule has 3 aromatic rings. The van der Waals surface area contributed by atoms with Crippen molar-refractivity contribution in [3.05, 3.63) is 48.5 Å². The molecule has 1 saturated carbocycles. The second kappa shape index (κ2) is 4.77. The van der Waals surface area contributed by atoms with Gasteiger partial charge in [0.1, 0.15) is 23.7 Å². The summed E-state index contributed by atoms with van der Waals surface area (Å²) in [5.74, 6) is 1.63. The van der Waals surface area contributed by atoms with Crippen molar-refractivity contribution in [2.24, 2.45) is 0 Å². The molecule has 106 valence electrons. The van der Waals surface area contributed by atoms with Crippen molar-refractivity contribution in [2.75, 3.05) is 5.73 Å². The van der Waals surface area contributed by atoms with Gasteiger partial charge in [0.05, 0.1) is 17.4 Å². The zero-order valence-electron chi connectivity index (χ0n) is 11.6. The van der Waals surface area contributed by atoms with Gasteiger partial charge in [-0.15, -0.1) is 0 Å². The maximum Gasteiger partial charge on any atom is 0.148 e. The minimum atomic E-state index is 0.416. The third kappa shape index (κ3) is 2.20. The second-order valence-electron chi connectivity index (χ2n) is 5.32. The average Bonchev–Trinajstić information content (AvgIpc) is 3.27. The SMILES string of the molecule is Nc1ccccc1OCc1nc2cnccc2n1C1CC1. The summed E-state index contributed by atoms with van der Waals surface area (Å²) in [6, 6.07) is 10.1. The Morgan fingerprint density at radius 2 is 2.10 bits per heavy atom. The minimum absolute atomic E-state index is 0.416. The first-order chi connectivity index (χ1) is 10.3. The predicted molar refractivity (Wildman–Crippen MR) is 81.0 cm³/mol. The molecule has 1 fully saturated rings. The summed E-state index contributed by atoms with van der Waals surface area (Å²) in [6.07, 6.45) is 6.01. The van der Waals surface area contributed by atoms with Crippen LogP contribution in [0.25, 0.3) is 11.0 Å². The van der Waals surface area contributed by atoms with Crippen LogP contribution in [0.2, 0.25) is 0 Å². The molecule has 0 unspecified atom stereocenters. The lowest BCUT2D eigenvalue weighted by atomic mass is 10.3. The molecule has 0 atom stereocenters. The van der Waals surface area contributed by atoms with Crippen LogP contribution in [0.15, 0.2) is 42.7 Å². The standard InChI is InChI=1S/C16H16N4O/c17-12-3-1-2-4-15(12)21-10-16-19-13-9-18-8-7-14(13)20(16)11-5-6-11/h1-4,7-9,11H,5-6,10,17H2. The Hall–Kier alpha value is -2.56. The molecule has 1 aromatic carbocycles. The van der Waals surface area contributed by atoms with E-state index in [-0.39, 0.29) is 0 Å². The van der Waals surface area contributed by atoms with E-state index in [2.05, 4.69) is 14.5 Å². The van der Waals surface area contributed by atoms with Crippen molar-refractivity contribution in [1.29, 1.82) is 0 Å². The zero-order valence-corrected chi connectivity index (χ0v) is 11.6. The van der Waals surface area contributed by atoms with Crippen LogP contribution in [0.5, 0.6) is 5.75 Å². The Kier molecular flexibility index (Phi) is 2.77. The van der Waals surface area contributed by atoms with E-state index in [0.717, 1.165) is 16.9 Å². The van der Waals surface area contributed by atoms with E-state index in [0.29, 0.717) is 24.1 Å². The molecular formula is C16H16N4O. The molecule has 2 N–H and O–H groups in total. The lowest BCUT2D eigenvalue weighted by Crippen LogP contribution is -2.06. The number of nitrogen functional groups attached to an aromatic ring is 1. The van der Waals surface area contributed by atoms with Gasteiger partial charge < -0.3 is 15.0 Å². The Labute approximate surface area is 122 Å². The Morgan fingerprint density at radius 3 is 2.90 bits per heavy atom. The van der Waals surface area contributed by atoms with Gasteiger partial charge in [-0.1, -0.05) is 12.1 Å². The Balaban J connectivity index is 1.67. The first-order valence-electron chi connectivity index (χ1n) is 7.11. The van der Waals surface area contributed by atoms with Crippen LogP contribution in [0.3, 0.4) is 0 Å². The quantitative estimate of drug-likeness (QED) is 0.746. The first-order valence-corrected chi connectivity index (χ1v) is 7.11. The van der Waals surface area contributed by atoms with Gasteiger partial charge in [0.15, 0.2) is 0 Å². The molecule has 0 aliphatic heterocycles. The number of nitrogens with zero attached hydrogens (tertiary/aromatic N) is 3. The van der Waals surface area contributed by atoms with Gasteiger partial charge in [-0.05, 0) is 31.0 Å². The van der Waals surface area contributed by atoms with Crippen LogP contribution < -0.4 is 10.5 Å². The van der Waals surface area contributed by atoms with Crippen LogP contribution in [0.1, 0.15) is 24.7 Å². The molecule has 0 amide bonds. The zero-order chi connectivity index (χ0) is 14.2. The number of hydrogen-bond donors (Lipinski definition) is 1. The van der Waals surface area contributed by atoms with Crippen LogP contribution in [0, 0.1) is 0 Å². The van der Waals surface area contributed by atoms with Crippen molar-refractivity contribution < 1.29 is 4.74 Å². The number of fused-ring (bicyclic) bond motifs is 1. The minimum Gasteiger partial charge on any atom is -0.484 e. The summed E-state index contributed by atoms with van der Waals surface area (Å²) in [7, 11) is 0. The van der Waals surface area contributed by atoms with E-state index in [1.807, 2.05) is 36.5 Å². The molecule has 1 aliphatic carbocycles. The van der Waals surface area contributed by atoms with Crippen LogP contribution in [-0.4, -0.2) is 14.5 Å². The summed E-state index contributed by atoms with van der Waals surface area (Å²) in [4.78, 5) is 8.80. The fourth-order valence-electron chi connectivity index (χ4n) is 2.60. The molecule has 2 heterocycles. The van der Waals surface area contributed by atoms with E-state index in [9.17, 15) is 0 Å². The van der Waals surface area contributed by atoms with Crippen molar-refractivity contribution in [3.63, 3.8) is 0 Å². The van der Waals surface area contributed by atoms with Crippen molar-refractivity contribution >= 4 is 16.7 Å². The largest absolute Gasteiger partial charge is 0.484 e. The number of para-hydroxylation sites is 2. The molecule has 5 heteroatoms. The summed E-state index contributed by atoms with van der Waals surface area (Å²) in [6.45, 7) is 0.416. The topological polar surface area (TPSA) is 66.0 Å². The maximum absolute atomic E-state index is 5.91. The maximum atomic E-state index is 5.91. The fourth-order valence-corrected chi connectivity index (χ4v) is 2.60. The molecule has 2 aromatic heterocycles. The summed E-state index contributed by atoms with van der Waals surface area (Å²) < 4.78 is 8.12. The number of nitrogens with two attached hydrogens (primary N) is 1. The molecule has 0 bridgehead atoms. The van der Waals surface area contributed by atoms with Crippen molar-refractivity contribution in [2.45, 2.75) is 25.5 Å². The monoisotopic (exact) mass is 280 g/mol. The fraction of sp³-hybridized carbons (Fsp3) is 0.250. The molecule has 0 spiro atoms. The number of benzene rings is 1. The van der Waals surface area contributed by atoms with E-state index in [4.69, 9.17) is 10.5 Å². The number of aromatic nitrogens is 3. The molecular weight excluding hydrogens is 264 g/mol. The molecule has 5 nitrogen and oxygen atoms in total. The average molecular weight is 280 g/mol. The Bertz CT molecular complexity index is 792. The summed E-state index contributed by atoms with van der Waals surface area (Å²) in [5, 5.41) is 0. The van der Waals surface area contributed by atoms with E-state index >= 15 is 0 Å². The van der Waals surface area contributed by atoms with Gasteiger partial charge in [0.2, 0.25) is 0 Å².